The molecule has 0 aliphatic carbocycles. The third kappa shape index (κ3) is 5.19. The maximum atomic E-state index is 13.1. The fourth-order valence-electron chi connectivity index (χ4n) is 4.90. The van der Waals surface area contributed by atoms with Crippen LogP contribution in [0.1, 0.15) is 12.0 Å². The quantitative estimate of drug-likeness (QED) is 0.203. The number of hydrogen-bond donors (Lipinski definition) is 0. The van der Waals surface area contributed by atoms with Crippen molar-refractivity contribution in [3.05, 3.63) is 66.7 Å². The minimum Gasteiger partial charge on any atom is -0.361 e. The fraction of sp³-hybridized carbons (Fsp3) is 0.357. The molecule has 3 aromatic heterocycles. The van der Waals surface area contributed by atoms with E-state index in [1.165, 1.54) is 4.31 Å². The molecule has 0 N–H and O–H groups in total. The molecule has 1 saturated heterocycles. The van der Waals surface area contributed by atoms with Crippen molar-refractivity contribution in [1.29, 1.82) is 10.5 Å². The number of rotatable bonds is 10. The number of benzene rings is 1. The summed E-state index contributed by atoms with van der Waals surface area (Å²) in [5.74, 6) is 0. The molecule has 1 fully saturated rings. The molecule has 4 heterocycles. The molecule has 1 aliphatic heterocycles. The third-order valence-electron chi connectivity index (χ3n) is 7.22. The number of sulfonamides is 1. The first-order valence-corrected chi connectivity index (χ1v) is 18.2. The first-order chi connectivity index (χ1) is 19.1. The SMILES string of the molecule is C[Si](C)(C)CCOCn1ccc2c(-c3cnn(C4(CC#N)CN(S(=O)(=O)c5ccccc5)C4)c3)c(C#N)cnc21. The predicted octanol–water partition coefficient (Wildman–Crippen LogP) is 4.40. The van der Waals surface area contributed by atoms with Crippen LogP contribution in [0.15, 0.2) is 66.1 Å². The van der Waals surface area contributed by atoms with Gasteiger partial charge in [-0.05, 0) is 24.2 Å². The molecule has 0 saturated carbocycles. The predicted molar refractivity (Wildman–Crippen MR) is 153 cm³/mol. The van der Waals surface area contributed by atoms with Crippen molar-refractivity contribution < 1.29 is 13.2 Å². The summed E-state index contributed by atoms with van der Waals surface area (Å²) in [7, 11) is -4.88. The lowest BCUT2D eigenvalue weighted by Gasteiger charge is -2.47. The highest BCUT2D eigenvalue weighted by molar-refractivity contribution is 7.89. The zero-order valence-electron chi connectivity index (χ0n) is 22.8. The van der Waals surface area contributed by atoms with Crippen LogP contribution in [0.2, 0.25) is 25.7 Å². The lowest BCUT2D eigenvalue weighted by Crippen LogP contribution is -2.64. The molecule has 1 aromatic carbocycles. The Labute approximate surface area is 235 Å². The van der Waals surface area contributed by atoms with Crippen molar-refractivity contribution in [2.45, 2.75) is 49.3 Å². The Balaban J connectivity index is 1.42. The van der Waals surface area contributed by atoms with Crippen LogP contribution in [0.5, 0.6) is 0 Å². The molecule has 0 amide bonds. The van der Waals surface area contributed by atoms with Gasteiger partial charge in [-0.1, -0.05) is 37.8 Å². The molecule has 40 heavy (non-hydrogen) atoms. The van der Waals surface area contributed by atoms with Gasteiger partial charge >= 0.3 is 0 Å². The number of fused-ring (bicyclic) bond motifs is 1. The molecule has 5 rings (SSSR count). The normalized spacial score (nSPS) is 15.4. The van der Waals surface area contributed by atoms with Crippen molar-refractivity contribution in [1.82, 2.24) is 23.6 Å². The number of pyridine rings is 1. The summed E-state index contributed by atoms with van der Waals surface area (Å²) >= 11 is 0. The monoisotopic (exact) mass is 573 g/mol. The van der Waals surface area contributed by atoms with Gasteiger partial charge in [0.05, 0.1) is 29.1 Å². The standard InChI is InChI=1S/C28H31N7O3SSi/c1-40(2,3)14-13-38-21-33-12-9-25-26(22(15-30)16-31-27(25)33)23-17-32-35(18-23)28(10-11-29)19-34(20-28)39(36,37)24-7-5-4-6-8-24/h4-9,12,16-18H,10,13-14,19-21H2,1-3H3. The molecule has 1 aliphatic rings. The summed E-state index contributed by atoms with van der Waals surface area (Å²) in [5.41, 5.74) is 1.69. The molecule has 206 valence electrons. The van der Waals surface area contributed by atoms with Gasteiger partial charge in [-0.15, -0.1) is 0 Å². The molecule has 10 nitrogen and oxygen atoms in total. The minimum atomic E-state index is -3.68. The van der Waals surface area contributed by atoms with Gasteiger partial charge in [-0.2, -0.15) is 19.9 Å². The van der Waals surface area contributed by atoms with E-state index in [0.717, 1.165) is 11.4 Å². The van der Waals surface area contributed by atoms with E-state index < -0.39 is 23.6 Å². The van der Waals surface area contributed by atoms with Crippen LogP contribution in [-0.2, 0) is 27.0 Å². The summed E-state index contributed by atoms with van der Waals surface area (Å²) < 4.78 is 37.1. The second-order valence-electron chi connectivity index (χ2n) is 11.3. The number of nitriles is 2. The first-order valence-electron chi connectivity index (χ1n) is 13.0. The molecular formula is C28H31N7O3SSi. The summed E-state index contributed by atoms with van der Waals surface area (Å²) in [6.45, 7) is 8.22. The molecule has 0 atom stereocenters. The van der Waals surface area contributed by atoms with E-state index in [1.807, 2.05) is 16.8 Å². The van der Waals surface area contributed by atoms with Crippen molar-refractivity contribution in [3.8, 4) is 23.3 Å². The largest absolute Gasteiger partial charge is 0.361 e. The Morgan fingerprint density at radius 2 is 1.85 bits per heavy atom. The summed E-state index contributed by atoms with van der Waals surface area (Å²) in [4.78, 5) is 4.75. The lowest BCUT2D eigenvalue weighted by atomic mass is 9.89. The second-order valence-corrected chi connectivity index (χ2v) is 18.9. The average Bonchev–Trinajstić information content (AvgIpc) is 3.55. The van der Waals surface area contributed by atoms with Crippen molar-refractivity contribution in [2.24, 2.45) is 0 Å². The molecule has 0 unspecified atom stereocenters. The van der Waals surface area contributed by atoms with Gasteiger partial charge in [0, 0.05) is 62.9 Å². The van der Waals surface area contributed by atoms with Crippen molar-refractivity contribution in [2.75, 3.05) is 19.7 Å². The molecular weight excluding hydrogens is 543 g/mol. The van der Waals surface area contributed by atoms with Crippen LogP contribution in [0, 0.1) is 22.7 Å². The van der Waals surface area contributed by atoms with E-state index in [2.05, 4.69) is 41.9 Å². The Morgan fingerprint density at radius 1 is 1.10 bits per heavy atom. The van der Waals surface area contributed by atoms with E-state index in [0.29, 0.717) is 35.7 Å². The molecule has 0 bridgehead atoms. The van der Waals surface area contributed by atoms with E-state index in [1.54, 1.807) is 53.6 Å². The van der Waals surface area contributed by atoms with E-state index in [-0.39, 0.29) is 24.4 Å². The Kier molecular flexibility index (Phi) is 7.38. The number of nitrogens with zero attached hydrogens (tertiary/aromatic N) is 7. The van der Waals surface area contributed by atoms with Crippen LogP contribution < -0.4 is 0 Å². The van der Waals surface area contributed by atoms with E-state index in [4.69, 9.17) is 4.74 Å². The van der Waals surface area contributed by atoms with Crippen LogP contribution in [-0.4, -0.2) is 59.8 Å². The fourth-order valence-corrected chi connectivity index (χ4v) is 7.27. The van der Waals surface area contributed by atoms with Crippen LogP contribution in [0.25, 0.3) is 22.2 Å². The average molecular weight is 574 g/mol. The van der Waals surface area contributed by atoms with Gasteiger partial charge in [0.1, 0.15) is 24.0 Å². The second kappa shape index (κ2) is 10.6. The van der Waals surface area contributed by atoms with Crippen LogP contribution in [0.3, 0.4) is 0 Å². The first kappa shape index (κ1) is 27.7. The minimum absolute atomic E-state index is 0.0942. The Morgan fingerprint density at radius 3 is 2.52 bits per heavy atom. The number of aromatic nitrogens is 4. The Hall–Kier alpha value is -3.81. The maximum absolute atomic E-state index is 13.1. The molecule has 12 heteroatoms. The highest BCUT2D eigenvalue weighted by Gasteiger charge is 2.50. The highest BCUT2D eigenvalue weighted by atomic mass is 32.2. The summed E-state index contributed by atoms with van der Waals surface area (Å²) in [6, 6.07) is 15.7. The highest BCUT2D eigenvalue weighted by Crippen LogP contribution is 2.38. The lowest BCUT2D eigenvalue weighted by molar-refractivity contribution is 0.0717. The summed E-state index contributed by atoms with van der Waals surface area (Å²) in [5, 5.41) is 24.8. The number of hydrogen-bond acceptors (Lipinski definition) is 7. The van der Waals surface area contributed by atoms with Gasteiger partial charge in [0.2, 0.25) is 10.0 Å². The van der Waals surface area contributed by atoms with Crippen molar-refractivity contribution >= 4 is 29.1 Å². The van der Waals surface area contributed by atoms with Gasteiger partial charge < -0.3 is 9.30 Å². The number of ether oxygens (including phenoxy) is 1. The van der Waals surface area contributed by atoms with Gasteiger partial charge in [-0.3, -0.25) is 4.68 Å². The van der Waals surface area contributed by atoms with E-state index in [9.17, 15) is 18.9 Å². The molecule has 0 radical (unpaired) electrons. The van der Waals surface area contributed by atoms with E-state index >= 15 is 0 Å². The smallest absolute Gasteiger partial charge is 0.243 e. The molecule has 0 spiro atoms. The van der Waals surface area contributed by atoms with Gasteiger partial charge in [0.15, 0.2) is 0 Å². The van der Waals surface area contributed by atoms with Crippen LogP contribution >= 0.6 is 0 Å². The zero-order valence-corrected chi connectivity index (χ0v) is 24.6. The third-order valence-corrected chi connectivity index (χ3v) is 10.7. The maximum Gasteiger partial charge on any atom is 0.243 e. The zero-order chi connectivity index (χ0) is 28.5. The topological polar surface area (TPSA) is 130 Å². The summed E-state index contributed by atoms with van der Waals surface area (Å²) in [6.07, 6.45) is 7.00. The van der Waals surface area contributed by atoms with Gasteiger partial charge in [0.25, 0.3) is 0 Å². The molecule has 4 aromatic rings. The van der Waals surface area contributed by atoms with Gasteiger partial charge in [-0.25, -0.2) is 13.4 Å². The Bertz CT molecular complexity index is 1720. The van der Waals surface area contributed by atoms with Crippen LogP contribution in [0.4, 0.5) is 0 Å². The van der Waals surface area contributed by atoms with Crippen molar-refractivity contribution in [3.63, 3.8) is 0 Å².